The molecule has 6 heteroatoms. The average Bonchev–Trinajstić information content (AvgIpc) is 2.85. The van der Waals surface area contributed by atoms with Gasteiger partial charge in [0, 0.05) is 19.4 Å². The molecule has 6 nitrogen and oxygen atoms in total. The fourth-order valence-electron chi connectivity index (χ4n) is 2.34. The molecule has 0 bridgehead atoms. The number of ether oxygens (including phenoxy) is 1. The predicted molar refractivity (Wildman–Crippen MR) is 81.4 cm³/mol. The molecular formula is C16H15N3O3. The zero-order valence-electron chi connectivity index (χ0n) is 12.3. The highest BCUT2D eigenvalue weighted by Crippen LogP contribution is 2.22. The molecule has 0 saturated carbocycles. The fourth-order valence-corrected chi connectivity index (χ4v) is 2.34. The van der Waals surface area contributed by atoms with E-state index in [2.05, 4.69) is 5.10 Å². The lowest BCUT2D eigenvalue weighted by Crippen LogP contribution is -2.15. The molecule has 2 aliphatic heterocycles. The lowest BCUT2D eigenvalue weighted by atomic mass is 10.1. The van der Waals surface area contributed by atoms with Crippen LogP contribution in [0.1, 0.15) is 17.3 Å². The van der Waals surface area contributed by atoms with E-state index in [-0.39, 0.29) is 17.7 Å². The Morgan fingerprint density at radius 3 is 2.64 bits per heavy atom. The molecule has 0 spiro atoms. The van der Waals surface area contributed by atoms with Crippen LogP contribution in [0.2, 0.25) is 0 Å². The minimum absolute atomic E-state index is 0.261. The van der Waals surface area contributed by atoms with Crippen LogP contribution in [0.5, 0.6) is 0 Å². The average molecular weight is 297 g/mol. The number of fused-ring (bicyclic) bond motifs is 1. The number of carbonyl (C=O) groups is 1. The van der Waals surface area contributed by atoms with Gasteiger partial charge in [0.25, 0.3) is 5.56 Å². The lowest BCUT2D eigenvalue weighted by molar-refractivity contribution is 0.0526. The molecular weight excluding hydrogens is 282 g/mol. The molecule has 0 aliphatic carbocycles. The maximum Gasteiger partial charge on any atom is 0.341 e. The Balaban J connectivity index is 2.25. The van der Waals surface area contributed by atoms with E-state index in [1.54, 1.807) is 43.1 Å². The van der Waals surface area contributed by atoms with Crippen LogP contribution in [0.4, 0.5) is 0 Å². The molecule has 22 heavy (non-hydrogen) atoms. The van der Waals surface area contributed by atoms with Gasteiger partial charge in [-0.15, -0.1) is 0 Å². The van der Waals surface area contributed by atoms with Crippen molar-refractivity contribution < 1.29 is 9.53 Å². The number of hydrogen-bond donors (Lipinski definition) is 0. The number of benzene rings is 1. The van der Waals surface area contributed by atoms with Gasteiger partial charge < -0.3 is 9.30 Å². The number of nitrogens with zero attached hydrogens (tertiary/aromatic N) is 3. The second-order valence-corrected chi connectivity index (χ2v) is 4.87. The van der Waals surface area contributed by atoms with Crippen LogP contribution >= 0.6 is 0 Å². The molecule has 0 unspecified atom stereocenters. The Morgan fingerprint density at radius 1 is 1.23 bits per heavy atom. The summed E-state index contributed by atoms with van der Waals surface area (Å²) in [7, 11) is 1.75. The first kappa shape index (κ1) is 14.1. The highest BCUT2D eigenvalue weighted by Gasteiger charge is 2.24. The summed E-state index contributed by atoms with van der Waals surface area (Å²) in [6.45, 7) is 2.00. The van der Waals surface area contributed by atoms with Crippen molar-refractivity contribution in [3.05, 3.63) is 58.6 Å². The molecule has 0 atom stereocenters. The summed E-state index contributed by atoms with van der Waals surface area (Å²) in [5.74, 6) is -0.485. The van der Waals surface area contributed by atoms with Gasteiger partial charge in [0.15, 0.2) is 0 Å². The summed E-state index contributed by atoms with van der Waals surface area (Å²) in [4.78, 5) is 24.6. The van der Waals surface area contributed by atoms with E-state index in [0.717, 1.165) is 0 Å². The van der Waals surface area contributed by atoms with E-state index in [1.165, 1.54) is 4.68 Å². The second kappa shape index (κ2) is 5.48. The van der Waals surface area contributed by atoms with Crippen LogP contribution in [-0.2, 0) is 11.8 Å². The predicted octanol–water partition coefficient (Wildman–Crippen LogP) is 1.85. The number of pyridine rings is 1. The first-order chi connectivity index (χ1) is 10.6. The second-order valence-electron chi connectivity index (χ2n) is 4.87. The van der Waals surface area contributed by atoms with Gasteiger partial charge in [0.05, 0.1) is 17.9 Å². The van der Waals surface area contributed by atoms with Gasteiger partial charge in [-0.25, -0.2) is 4.79 Å². The highest BCUT2D eigenvalue weighted by atomic mass is 16.5. The summed E-state index contributed by atoms with van der Waals surface area (Å²) in [6, 6.07) is 9.09. The smallest absolute Gasteiger partial charge is 0.341 e. The molecule has 0 radical (unpaired) electrons. The van der Waals surface area contributed by atoms with Crippen molar-refractivity contribution >= 4 is 5.97 Å². The number of esters is 1. The molecule has 2 aliphatic rings. The highest BCUT2D eigenvalue weighted by molar-refractivity contribution is 5.96. The maximum absolute atomic E-state index is 12.5. The Morgan fingerprint density at radius 2 is 1.95 bits per heavy atom. The summed E-state index contributed by atoms with van der Waals surface area (Å²) < 4.78 is 8.00. The third-order valence-electron chi connectivity index (χ3n) is 3.29. The molecule has 2 heterocycles. The zero-order chi connectivity index (χ0) is 15.7. The number of rotatable bonds is 3. The van der Waals surface area contributed by atoms with Crippen LogP contribution in [0.15, 0.2) is 47.5 Å². The Hall–Kier alpha value is -2.89. The van der Waals surface area contributed by atoms with Gasteiger partial charge in [0.1, 0.15) is 11.3 Å². The monoisotopic (exact) mass is 297 g/mol. The normalized spacial score (nSPS) is 10.8. The van der Waals surface area contributed by atoms with Crippen LogP contribution < -0.4 is 5.56 Å². The topological polar surface area (TPSA) is 66.1 Å². The molecule has 1 aromatic rings. The van der Waals surface area contributed by atoms with Crippen LogP contribution in [0.25, 0.3) is 16.9 Å². The van der Waals surface area contributed by atoms with E-state index < -0.39 is 5.97 Å². The van der Waals surface area contributed by atoms with Crippen molar-refractivity contribution in [3.63, 3.8) is 0 Å². The molecule has 0 amide bonds. The number of hydrogen-bond acceptors (Lipinski definition) is 4. The molecule has 0 aromatic heterocycles. The van der Waals surface area contributed by atoms with Gasteiger partial charge in [-0.2, -0.15) is 9.78 Å². The number of aryl methyl sites for hydroxylation is 1. The fraction of sp³-hybridized carbons (Fsp3) is 0.188. The van der Waals surface area contributed by atoms with Crippen molar-refractivity contribution in [2.75, 3.05) is 6.61 Å². The summed E-state index contributed by atoms with van der Waals surface area (Å²) in [6.07, 6.45) is 3.27. The zero-order valence-corrected chi connectivity index (χ0v) is 12.3. The Kier molecular flexibility index (Phi) is 3.50. The van der Waals surface area contributed by atoms with Crippen LogP contribution in [0, 0.1) is 0 Å². The quantitative estimate of drug-likeness (QED) is 0.692. The minimum Gasteiger partial charge on any atom is -0.462 e. The van der Waals surface area contributed by atoms with Gasteiger partial charge in [0.2, 0.25) is 0 Å². The van der Waals surface area contributed by atoms with Crippen LogP contribution in [0.3, 0.4) is 0 Å². The van der Waals surface area contributed by atoms with Crippen molar-refractivity contribution in [1.29, 1.82) is 0 Å². The number of aromatic nitrogens is 3. The molecule has 112 valence electrons. The summed E-state index contributed by atoms with van der Waals surface area (Å²) in [5.41, 5.74) is 1.42. The minimum atomic E-state index is -0.485. The van der Waals surface area contributed by atoms with Crippen molar-refractivity contribution in [2.24, 2.45) is 7.05 Å². The number of carbonyl (C=O) groups excluding carboxylic acids is 1. The van der Waals surface area contributed by atoms with Gasteiger partial charge in [-0.05, 0) is 19.1 Å². The van der Waals surface area contributed by atoms with Crippen molar-refractivity contribution in [1.82, 2.24) is 14.3 Å². The third kappa shape index (κ3) is 2.28. The van der Waals surface area contributed by atoms with Crippen molar-refractivity contribution in [3.8, 4) is 16.9 Å². The maximum atomic E-state index is 12.5. The van der Waals surface area contributed by atoms with E-state index in [9.17, 15) is 9.59 Å². The molecule has 0 fully saturated rings. The SMILES string of the molecule is CCOC(=O)c1cn(C)cc2c(=O)n(-c3ccccc3)nc1-2. The third-order valence-corrected chi connectivity index (χ3v) is 3.29. The van der Waals surface area contributed by atoms with Gasteiger partial charge in [-0.3, -0.25) is 4.79 Å². The largest absolute Gasteiger partial charge is 0.462 e. The Labute approximate surface area is 126 Å². The van der Waals surface area contributed by atoms with Gasteiger partial charge >= 0.3 is 5.97 Å². The van der Waals surface area contributed by atoms with E-state index >= 15 is 0 Å². The molecule has 3 rings (SSSR count). The molecule has 1 aromatic carbocycles. The first-order valence-corrected chi connectivity index (χ1v) is 6.93. The summed E-state index contributed by atoms with van der Waals surface area (Å²) >= 11 is 0. The summed E-state index contributed by atoms with van der Waals surface area (Å²) in [5, 5.41) is 4.32. The van der Waals surface area contributed by atoms with E-state index in [4.69, 9.17) is 4.74 Å². The van der Waals surface area contributed by atoms with E-state index in [0.29, 0.717) is 16.9 Å². The van der Waals surface area contributed by atoms with E-state index in [1.807, 2.05) is 18.2 Å². The van der Waals surface area contributed by atoms with Crippen LogP contribution in [-0.4, -0.2) is 26.9 Å². The Bertz CT molecular complexity index is 849. The standard InChI is InChI=1S/C16H15N3O3/c1-3-22-16(21)13-10-18(2)9-12-14(13)17-19(15(12)20)11-7-5-4-6-8-11/h4-10H,3H2,1-2H3. The first-order valence-electron chi connectivity index (χ1n) is 6.93. The molecule has 0 saturated heterocycles. The lowest BCUT2D eigenvalue weighted by Gasteiger charge is -2.07. The van der Waals surface area contributed by atoms with Crippen molar-refractivity contribution in [2.45, 2.75) is 6.92 Å². The number of para-hydroxylation sites is 1. The molecule has 0 N–H and O–H groups in total. The van der Waals surface area contributed by atoms with Gasteiger partial charge in [-0.1, -0.05) is 18.2 Å².